The first-order valence-corrected chi connectivity index (χ1v) is 13.2. The third kappa shape index (κ3) is 6.09. The maximum absolute atomic E-state index is 14.3. The Bertz CT molecular complexity index is 1270. The Balaban J connectivity index is 1.70. The van der Waals surface area contributed by atoms with Crippen molar-refractivity contribution in [3.05, 3.63) is 51.0 Å². The van der Waals surface area contributed by atoms with Crippen molar-refractivity contribution in [3.8, 4) is 0 Å². The molecule has 2 aliphatic carbocycles. The summed E-state index contributed by atoms with van der Waals surface area (Å²) in [6.45, 7) is 3.47. The third-order valence-corrected chi connectivity index (χ3v) is 8.31. The summed E-state index contributed by atoms with van der Waals surface area (Å²) in [5.41, 5.74) is -2.27. The molecule has 0 bridgehead atoms. The molecule has 0 atom stereocenters. The number of hydrogen-bond donors (Lipinski definition) is 1. The molecule has 0 spiro atoms. The van der Waals surface area contributed by atoms with Gasteiger partial charge < -0.3 is 10.0 Å². The highest BCUT2D eigenvalue weighted by molar-refractivity contribution is 6.40. The first-order valence-electron chi connectivity index (χ1n) is 12.5. The molecule has 7 nitrogen and oxygen atoms in total. The van der Waals surface area contributed by atoms with Crippen LogP contribution < -0.4 is 0 Å². The SMILES string of the molecule is CC1(C)CCC(N(CC(=O)c2c(Cl)cc(F)cc2Cl)C(=O)c2cnn([C@H]3C[C@H](C(=O)O)C3)c2C(F)(F)F)CC1. The summed E-state index contributed by atoms with van der Waals surface area (Å²) in [5, 5.41) is 12.4. The van der Waals surface area contributed by atoms with Crippen molar-refractivity contribution in [2.45, 2.75) is 70.6 Å². The van der Waals surface area contributed by atoms with Gasteiger partial charge in [0.15, 0.2) is 11.5 Å². The number of benzene rings is 1. The zero-order valence-electron chi connectivity index (χ0n) is 21.2. The number of ketones is 1. The van der Waals surface area contributed by atoms with Crippen molar-refractivity contribution >= 4 is 40.9 Å². The highest BCUT2D eigenvalue weighted by atomic mass is 35.5. The predicted octanol–water partition coefficient (Wildman–Crippen LogP) is 6.68. The van der Waals surface area contributed by atoms with Crippen LogP contribution in [0.4, 0.5) is 17.6 Å². The Morgan fingerprint density at radius 3 is 2.21 bits per heavy atom. The number of carbonyl (C=O) groups excluding carboxylic acids is 2. The van der Waals surface area contributed by atoms with Gasteiger partial charge in [0.1, 0.15) is 5.82 Å². The second-order valence-corrected chi connectivity index (χ2v) is 11.8. The van der Waals surface area contributed by atoms with Crippen LogP contribution in [0.2, 0.25) is 10.0 Å². The Morgan fingerprint density at radius 1 is 1.13 bits per heavy atom. The van der Waals surface area contributed by atoms with E-state index in [1.807, 2.05) is 13.8 Å². The molecule has 0 unspecified atom stereocenters. The van der Waals surface area contributed by atoms with Gasteiger partial charge in [-0.3, -0.25) is 19.1 Å². The van der Waals surface area contributed by atoms with Gasteiger partial charge in [-0.15, -0.1) is 0 Å². The number of hydrogen-bond acceptors (Lipinski definition) is 4. The smallest absolute Gasteiger partial charge is 0.433 e. The zero-order valence-corrected chi connectivity index (χ0v) is 22.7. The largest absolute Gasteiger partial charge is 0.481 e. The molecule has 2 aromatic rings. The number of amides is 1. The molecule has 39 heavy (non-hydrogen) atoms. The van der Waals surface area contributed by atoms with E-state index in [-0.39, 0.29) is 33.9 Å². The molecule has 1 heterocycles. The van der Waals surface area contributed by atoms with E-state index in [1.54, 1.807) is 0 Å². The molecule has 2 aliphatic rings. The van der Waals surface area contributed by atoms with Crippen LogP contribution in [0, 0.1) is 17.2 Å². The van der Waals surface area contributed by atoms with Crippen molar-refractivity contribution in [3.63, 3.8) is 0 Å². The molecular weight excluding hydrogens is 565 g/mol. The number of halogens is 6. The van der Waals surface area contributed by atoms with Crippen LogP contribution in [0.3, 0.4) is 0 Å². The molecule has 0 saturated heterocycles. The summed E-state index contributed by atoms with van der Waals surface area (Å²) >= 11 is 12.1. The van der Waals surface area contributed by atoms with Gasteiger partial charge in [0.25, 0.3) is 5.91 Å². The van der Waals surface area contributed by atoms with Crippen LogP contribution >= 0.6 is 23.2 Å². The lowest BCUT2D eigenvalue weighted by atomic mass is 9.75. The summed E-state index contributed by atoms with van der Waals surface area (Å²) in [5.74, 6) is -4.44. The van der Waals surface area contributed by atoms with E-state index in [4.69, 9.17) is 28.3 Å². The van der Waals surface area contributed by atoms with E-state index >= 15 is 0 Å². The molecule has 1 N–H and O–H groups in total. The molecule has 1 aromatic heterocycles. The summed E-state index contributed by atoms with van der Waals surface area (Å²) in [6, 6.07) is 0.416. The summed E-state index contributed by atoms with van der Waals surface area (Å²) < 4.78 is 57.2. The first kappa shape index (κ1) is 29.3. The Morgan fingerprint density at radius 2 is 1.69 bits per heavy atom. The minimum absolute atomic E-state index is 0.0360. The van der Waals surface area contributed by atoms with Gasteiger partial charge in [-0.25, -0.2) is 4.39 Å². The van der Waals surface area contributed by atoms with E-state index in [0.29, 0.717) is 30.4 Å². The van der Waals surface area contributed by atoms with Crippen LogP contribution in [0.15, 0.2) is 18.3 Å². The fourth-order valence-corrected chi connectivity index (χ4v) is 6.00. The first-order chi connectivity index (χ1) is 18.1. The van der Waals surface area contributed by atoms with Crippen LogP contribution in [-0.4, -0.2) is 50.0 Å². The average Bonchev–Trinajstić information content (AvgIpc) is 3.20. The standard InChI is InChI=1S/C26H27Cl2F4N3O4/c1-25(2)5-3-15(4-6-25)34(12-20(36)21-18(27)9-14(29)10-19(21)28)23(37)17-11-33-35(22(17)26(30,31)32)16-7-13(8-16)24(38)39/h9-11,13,15-16H,3-8,12H2,1-2H3,(H,38,39)/t13-,16-. The van der Waals surface area contributed by atoms with Crippen LogP contribution in [-0.2, 0) is 11.0 Å². The monoisotopic (exact) mass is 591 g/mol. The quantitative estimate of drug-likeness (QED) is 0.286. The minimum atomic E-state index is -4.97. The highest BCUT2D eigenvalue weighted by Gasteiger charge is 2.46. The molecule has 13 heteroatoms. The number of alkyl halides is 3. The van der Waals surface area contributed by atoms with Crippen molar-refractivity contribution in [1.29, 1.82) is 0 Å². The maximum atomic E-state index is 14.3. The molecule has 2 saturated carbocycles. The fourth-order valence-electron chi connectivity index (χ4n) is 5.33. The van der Waals surface area contributed by atoms with E-state index < -0.39 is 65.5 Å². The Kier molecular flexibility index (Phi) is 8.06. The van der Waals surface area contributed by atoms with E-state index in [2.05, 4.69) is 5.10 Å². The molecule has 2 fully saturated rings. The number of aromatic nitrogens is 2. The normalized spacial score (nSPS) is 21.3. The molecular formula is C26H27Cl2F4N3O4. The molecule has 0 aliphatic heterocycles. The van der Waals surface area contributed by atoms with Gasteiger partial charge in [-0.05, 0) is 56.1 Å². The molecule has 1 amide bonds. The van der Waals surface area contributed by atoms with Gasteiger partial charge >= 0.3 is 12.1 Å². The van der Waals surface area contributed by atoms with Crippen LogP contribution in [0.5, 0.6) is 0 Å². The van der Waals surface area contributed by atoms with Crippen molar-refractivity contribution < 1.29 is 37.1 Å². The lowest BCUT2D eigenvalue weighted by molar-refractivity contribution is -0.150. The fraction of sp³-hybridized carbons (Fsp3) is 0.538. The van der Waals surface area contributed by atoms with E-state index in [9.17, 15) is 31.9 Å². The second-order valence-electron chi connectivity index (χ2n) is 11.0. The number of Topliss-reactive ketones (excluding diaryl/α,β-unsaturated/α-hetero) is 1. The highest BCUT2D eigenvalue weighted by Crippen LogP contribution is 2.43. The molecule has 4 rings (SSSR count). The summed E-state index contributed by atoms with van der Waals surface area (Å²) in [4.78, 5) is 39.3. The number of aliphatic carboxylic acids is 1. The number of carboxylic acid groups (broad SMARTS) is 1. The van der Waals surface area contributed by atoms with Crippen molar-refractivity contribution in [1.82, 2.24) is 14.7 Å². The number of rotatable bonds is 7. The lowest BCUT2D eigenvalue weighted by Gasteiger charge is -2.40. The summed E-state index contributed by atoms with van der Waals surface area (Å²) in [6.07, 6.45) is -1.98. The Labute approximate surface area is 232 Å². The van der Waals surface area contributed by atoms with E-state index in [0.717, 1.165) is 23.2 Å². The lowest BCUT2D eigenvalue weighted by Crippen LogP contribution is -2.46. The van der Waals surface area contributed by atoms with Crippen LogP contribution in [0.1, 0.15) is 84.8 Å². The van der Waals surface area contributed by atoms with Gasteiger partial charge in [-0.1, -0.05) is 37.0 Å². The minimum Gasteiger partial charge on any atom is -0.481 e. The molecule has 212 valence electrons. The van der Waals surface area contributed by atoms with Gasteiger partial charge in [0.2, 0.25) is 0 Å². The number of nitrogens with zero attached hydrogens (tertiary/aromatic N) is 3. The second kappa shape index (κ2) is 10.7. The van der Waals surface area contributed by atoms with Crippen LogP contribution in [0.25, 0.3) is 0 Å². The maximum Gasteiger partial charge on any atom is 0.433 e. The number of carboxylic acids is 1. The topological polar surface area (TPSA) is 92.5 Å². The molecule has 1 aromatic carbocycles. The average molecular weight is 592 g/mol. The third-order valence-electron chi connectivity index (χ3n) is 7.71. The van der Waals surface area contributed by atoms with Crippen molar-refractivity contribution in [2.24, 2.45) is 11.3 Å². The Hall–Kier alpha value is -2.66. The van der Waals surface area contributed by atoms with E-state index in [1.165, 1.54) is 0 Å². The van der Waals surface area contributed by atoms with Gasteiger partial charge in [-0.2, -0.15) is 18.3 Å². The zero-order chi connectivity index (χ0) is 28.9. The molecule has 0 radical (unpaired) electrons. The predicted molar refractivity (Wildman–Crippen MR) is 134 cm³/mol. The van der Waals surface area contributed by atoms with Crippen molar-refractivity contribution in [2.75, 3.05) is 6.54 Å². The summed E-state index contributed by atoms with van der Waals surface area (Å²) in [7, 11) is 0. The van der Waals surface area contributed by atoms with Gasteiger partial charge in [0.05, 0.1) is 45.9 Å². The van der Waals surface area contributed by atoms with Gasteiger partial charge in [0, 0.05) is 6.04 Å². The number of carbonyl (C=O) groups is 3.